The van der Waals surface area contributed by atoms with E-state index in [1.165, 1.54) is 30.0 Å². The molecule has 3 N–H and O–H groups in total. The van der Waals surface area contributed by atoms with E-state index in [-0.39, 0.29) is 18.3 Å². The van der Waals surface area contributed by atoms with Gasteiger partial charge < -0.3 is 20.3 Å². The van der Waals surface area contributed by atoms with Gasteiger partial charge in [0.05, 0.1) is 12.6 Å². The highest BCUT2D eigenvalue weighted by molar-refractivity contribution is 7.86. The fourth-order valence-electron chi connectivity index (χ4n) is 4.23. The van der Waals surface area contributed by atoms with Crippen LogP contribution in [0.3, 0.4) is 0 Å². The molecule has 10 nitrogen and oxygen atoms in total. The Kier molecular flexibility index (Phi) is 8.60. The number of carbonyl (C=O) groups excluding carboxylic acids is 3. The van der Waals surface area contributed by atoms with Crippen LogP contribution >= 0.6 is 0 Å². The van der Waals surface area contributed by atoms with Gasteiger partial charge in [-0.25, -0.2) is 9.59 Å². The van der Waals surface area contributed by atoms with Crippen LogP contribution in [-0.4, -0.2) is 54.0 Å². The minimum absolute atomic E-state index is 0.285. The first kappa shape index (κ1) is 28.1. The Morgan fingerprint density at radius 2 is 1.76 bits per heavy atom. The molecule has 0 spiro atoms. The zero-order valence-corrected chi connectivity index (χ0v) is 22.1. The number of hydrogen-bond donors (Lipinski definition) is 3. The molecule has 0 radical (unpaired) electrons. The molecule has 2 aromatic carbocycles. The zero-order chi connectivity index (χ0) is 27.4. The third kappa shape index (κ3) is 7.53. The predicted molar refractivity (Wildman–Crippen MR) is 138 cm³/mol. The van der Waals surface area contributed by atoms with Gasteiger partial charge in [-0.3, -0.25) is 9.35 Å². The molecule has 1 heterocycles. The van der Waals surface area contributed by atoms with E-state index < -0.39 is 44.9 Å². The maximum Gasteiger partial charge on any atom is 0.329 e. The van der Waals surface area contributed by atoms with Gasteiger partial charge in [0.25, 0.3) is 10.1 Å². The Morgan fingerprint density at radius 3 is 2.38 bits per heavy atom. The second kappa shape index (κ2) is 11.3. The number of carbonyl (C=O) groups is 3. The molecular formula is C26H33N3O7S. The number of nitrogens with zero attached hydrogens (tertiary/aromatic N) is 1. The van der Waals surface area contributed by atoms with Gasteiger partial charge in [-0.1, -0.05) is 42.5 Å². The summed E-state index contributed by atoms with van der Waals surface area (Å²) in [6, 6.07) is 13.6. The van der Waals surface area contributed by atoms with E-state index in [9.17, 15) is 27.4 Å². The lowest BCUT2D eigenvalue weighted by molar-refractivity contribution is -0.164. The first-order valence-electron chi connectivity index (χ1n) is 12.0. The van der Waals surface area contributed by atoms with Crippen molar-refractivity contribution in [2.45, 2.75) is 63.5 Å². The van der Waals surface area contributed by atoms with Crippen molar-refractivity contribution >= 4 is 33.7 Å². The number of amides is 3. The SMILES string of the molecule is C[C@H](c1cccc(NC(=O)NCC(=O)N2[C@@H](c3ccccc3)CC[C@H]2C(=O)OC(C)(C)C)c1)S(=O)(=O)O. The first-order chi connectivity index (χ1) is 17.3. The molecule has 1 aliphatic heterocycles. The summed E-state index contributed by atoms with van der Waals surface area (Å²) in [5, 5.41) is 3.89. The van der Waals surface area contributed by atoms with Gasteiger partial charge in [-0.05, 0) is 63.8 Å². The Hall–Kier alpha value is -3.44. The predicted octanol–water partition coefficient (Wildman–Crippen LogP) is 3.83. The summed E-state index contributed by atoms with van der Waals surface area (Å²) in [6.45, 7) is 6.25. The van der Waals surface area contributed by atoms with Crippen LogP contribution in [0.1, 0.15) is 63.0 Å². The summed E-state index contributed by atoms with van der Waals surface area (Å²) >= 11 is 0. The first-order valence-corrected chi connectivity index (χ1v) is 13.5. The summed E-state index contributed by atoms with van der Waals surface area (Å²) in [5.41, 5.74) is 0.749. The number of ether oxygens (including phenoxy) is 1. The quantitative estimate of drug-likeness (QED) is 0.364. The lowest BCUT2D eigenvalue weighted by Crippen LogP contribution is -2.48. The van der Waals surface area contributed by atoms with Crippen LogP contribution in [0.4, 0.5) is 10.5 Å². The smallest absolute Gasteiger partial charge is 0.329 e. The molecule has 3 amide bonds. The van der Waals surface area contributed by atoms with E-state index in [1.807, 2.05) is 30.3 Å². The monoisotopic (exact) mass is 531 g/mol. The molecule has 1 saturated heterocycles. The molecular weight excluding hydrogens is 498 g/mol. The molecule has 0 unspecified atom stereocenters. The van der Waals surface area contributed by atoms with Crippen molar-refractivity contribution in [1.82, 2.24) is 10.2 Å². The third-order valence-corrected chi connectivity index (χ3v) is 7.16. The maximum atomic E-state index is 13.3. The normalized spacial score (nSPS) is 18.7. The highest BCUT2D eigenvalue weighted by atomic mass is 32.2. The molecule has 1 fully saturated rings. The Balaban J connectivity index is 1.71. The molecule has 0 saturated carbocycles. The van der Waals surface area contributed by atoms with Gasteiger partial charge in [-0.15, -0.1) is 0 Å². The Bertz CT molecular complexity index is 1240. The maximum absolute atomic E-state index is 13.3. The number of benzene rings is 2. The van der Waals surface area contributed by atoms with Crippen molar-refractivity contribution in [2.75, 3.05) is 11.9 Å². The highest BCUT2D eigenvalue weighted by Gasteiger charge is 2.43. The molecule has 0 aromatic heterocycles. The lowest BCUT2D eigenvalue weighted by Gasteiger charge is -2.31. The summed E-state index contributed by atoms with van der Waals surface area (Å²) in [6.07, 6.45) is 1.01. The van der Waals surface area contributed by atoms with Crippen molar-refractivity contribution in [3.8, 4) is 0 Å². The molecule has 1 aliphatic rings. The van der Waals surface area contributed by atoms with E-state index in [4.69, 9.17) is 4.74 Å². The summed E-state index contributed by atoms with van der Waals surface area (Å²) in [5.74, 6) is -0.931. The van der Waals surface area contributed by atoms with Crippen molar-refractivity contribution in [3.63, 3.8) is 0 Å². The minimum Gasteiger partial charge on any atom is -0.458 e. The molecule has 0 aliphatic carbocycles. The molecule has 2 aromatic rings. The second-order valence-corrected chi connectivity index (χ2v) is 11.7. The van der Waals surface area contributed by atoms with Crippen LogP contribution in [-0.2, 0) is 24.4 Å². The molecule has 3 rings (SSSR count). The van der Waals surface area contributed by atoms with E-state index in [2.05, 4.69) is 10.6 Å². The second-order valence-electron chi connectivity index (χ2n) is 9.94. The Labute approximate surface area is 217 Å². The number of hydrogen-bond acceptors (Lipinski definition) is 6. The van der Waals surface area contributed by atoms with Crippen molar-refractivity contribution in [3.05, 3.63) is 65.7 Å². The Morgan fingerprint density at radius 1 is 1.08 bits per heavy atom. The van der Waals surface area contributed by atoms with Gasteiger partial charge in [0.1, 0.15) is 16.9 Å². The molecule has 3 atom stereocenters. The van der Waals surface area contributed by atoms with Crippen LogP contribution in [0.2, 0.25) is 0 Å². The average Bonchev–Trinajstić information content (AvgIpc) is 3.27. The third-order valence-electron chi connectivity index (χ3n) is 6.00. The summed E-state index contributed by atoms with van der Waals surface area (Å²) < 4.78 is 37.7. The average molecular weight is 532 g/mol. The number of urea groups is 1. The number of esters is 1. The van der Waals surface area contributed by atoms with E-state index in [0.29, 0.717) is 18.4 Å². The van der Waals surface area contributed by atoms with E-state index in [1.54, 1.807) is 26.8 Å². The van der Waals surface area contributed by atoms with Crippen molar-refractivity contribution in [2.24, 2.45) is 0 Å². The van der Waals surface area contributed by atoms with Crippen molar-refractivity contribution in [1.29, 1.82) is 0 Å². The standard InChI is InChI=1S/C26H33N3O7S/c1-17(37(33,34)35)19-11-8-12-20(15-19)28-25(32)27-16-23(30)29-21(18-9-6-5-7-10-18)13-14-22(29)24(31)36-26(2,3)4/h5-12,15,17,21-22H,13-14,16H2,1-4H3,(H2,27,28,32)(H,33,34,35)/t17-,21-,22+/m1/s1. The molecule has 37 heavy (non-hydrogen) atoms. The topological polar surface area (TPSA) is 142 Å². The van der Waals surface area contributed by atoms with Gasteiger partial charge in [0.15, 0.2) is 0 Å². The molecule has 11 heteroatoms. The summed E-state index contributed by atoms with van der Waals surface area (Å²) in [7, 11) is -4.30. The molecule has 0 bridgehead atoms. The van der Waals surface area contributed by atoms with Gasteiger partial charge in [-0.2, -0.15) is 8.42 Å². The number of nitrogens with one attached hydrogen (secondary N) is 2. The van der Waals surface area contributed by atoms with Crippen LogP contribution in [0, 0.1) is 0 Å². The van der Waals surface area contributed by atoms with Gasteiger partial charge in [0.2, 0.25) is 5.91 Å². The van der Waals surface area contributed by atoms with Gasteiger partial charge in [0, 0.05) is 5.69 Å². The van der Waals surface area contributed by atoms with Crippen LogP contribution < -0.4 is 10.6 Å². The fraction of sp³-hybridized carbons (Fsp3) is 0.423. The number of anilines is 1. The van der Waals surface area contributed by atoms with Crippen LogP contribution in [0.15, 0.2) is 54.6 Å². The van der Waals surface area contributed by atoms with Crippen LogP contribution in [0.25, 0.3) is 0 Å². The summed E-state index contributed by atoms with van der Waals surface area (Å²) in [4.78, 5) is 40.2. The number of rotatable bonds is 7. The van der Waals surface area contributed by atoms with Crippen LogP contribution in [0.5, 0.6) is 0 Å². The molecule has 200 valence electrons. The van der Waals surface area contributed by atoms with E-state index >= 15 is 0 Å². The number of likely N-dealkylation sites (tertiary alicyclic amines) is 1. The highest BCUT2D eigenvalue weighted by Crippen LogP contribution is 2.37. The minimum atomic E-state index is -4.30. The van der Waals surface area contributed by atoms with Crippen molar-refractivity contribution < 1.29 is 32.1 Å². The largest absolute Gasteiger partial charge is 0.458 e. The lowest BCUT2D eigenvalue weighted by atomic mass is 10.0. The van der Waals surface area contributed by atoms with Gasteiger partial charge >= 0.3 is 12.0 Å². The zero-order valence-electron chi connectivity index (χ0n) is 21.3. The fourth-order valence-corrected chi connectivity index (χ4v) is 4.72. The van der Waals surface area contributed by atoms with E-state index in [0.717, 1.165) is 5.56 Å².